The Morgan fingerprint density at radius 3 is 2.45 bits per heavy atom. The summed E-state index contributed by atoms with van der Waals surface area (Å²) in [6.07, 6.45) is 0. The second-order valence-electron chi connectivity index (χ2n) is 5.88. The molecule has 0 aromatic heterocycles. The normalized spacial score (nSPS) is 12.3. The van der Waals surface area contributed by atoms with E-state index in [0.717, 1.165) is 5.56 Å². The molecule has 2 N–H and O–H groups in total. The maximum atomic E-state index is 11.3. The molecule has 0 heterocycles. The highest BCUT2D eigenvalue weighted by Crippen LogP contribution is 2.31. The zero-order valence-corrected chi connectivity index (χ0v) is 13.3. The standard InChI is InChI=1S/C15H22ClNO3/c1-14(2,13(18)19)15(3,4)17-9-10-6-7-11(16)12(8-10)20-5/h6-8,17H,9H2,1-5H3,(H,18,19). The fourth-order valence-corrected chi connectivity index (χ4v) is 1.82. The first-order valence-corrected chi connectivity index (χ1v) is 6.80. The van der Waals surface area contributed by atoms with E-state index in [2.05, 4.69) is 5.32 Å². The highest BCUT2D eigenvalue weighted by Gasteiger charge is 2.42. The molecule has 0 aliphatic carbocycles. The lowest BCUT2D eigenvalue weighted by molar-refractivity contribution is -0.151. The van der Waals surface area contributed by atoms with Gasteiger partial charge in [0.25, 0.3) is 0 Å². The van der Waals surface area contributed by atoms with Crippen molar-refractivity contribution in [1.82, 2.24) is 5.32 Å². The zero-order chi connectivity index (χ0) is 15.6. The first-order chi connectivity index (χ1) is 9.11. The molecule has 0 saturated carbocycles. The number of carboxylic acids is 1. The van der Waals surface area contributed by atoms with Crippen LogP contribution >= 0.6 is 11.6 Å². The van der Waals surface area contributed by atoms with E-state index >= 15 is 0 Å². The molecule has 0 unspecified atom stereocenters. The van der Waals surface area contributed by atoms with Gasteiger partial charge in [-0.05, 0) is 45.4 Å². The molecule has 4 nitrogen and oxygen atoms in total. The van der Waals surface area contributed by atoms with Crippen molar-refractivity contribution in [2.45, 2.75) is 39.8 Å². The van der Waals surface area contributed by atoms with Crippen molar-refractivity contribution in [1.29, 1.82) is 0 Å². The van der Waals surface area contributed by atoms with Crippen molar-refractivity contribution < 1.29 is 14.6 Å². The Morgan fingerprint density at radius 1 is 1.35 bits per heavy atom. The summed E-state index contributed by atoms with van der Waals surface area (Å²) in [7, 11) is 1.57. The molecule has 1 rings (SSSR count). The SMILES string of the molecule is COc1cc(CNC(C)(C)C(C)(C)C(=O)O)ccc1Cl. The van der Waals surface area contributed by atoms with Gasteiger partial charge >= 0.3 is 5.97 Å². The third kappa shape index (κ3) is 3.44. The first kappa shape index (κ1) is 16.8. The number of carboxylic acid groups (broad SMARTS) is 1. The number of halogens is 1. The highest BCUT2D eigenvalue weighted by atomic mass is 35.5. The lowest BCUT2D eigenvalue weighted by Gasteiger charge is -2.39. The molecule has 0 saturated heterocycles. The van der Waals surface area contributed by atoms with E-state index in [0.29, 0.717) is 17.3 Å². The number of carbonyl (C=O) groups is 1. The average Bonchev–Trinajstić information content (AvgIpc) is 2.37. The molecule has 0 bridgehead atoms. The second-order valence-corrected chi connectivity index (χ2v) is 6.28. The fraction of sp³-hybridized carbons (Fsp3) is 0.533. The van der Waals surface area contributed by atoms with Crippen LogP contribution in [0.25, 0.3) is 0 Å². The monoisotopic (exact) mass is 299 g/mol. The maximum absolute atomic E-state index is 11.3. The lowest BCUT2D eigenvalue weighted by Crippen LogP contribution is -2.54. The van der Waals surface area contributed by atoms with E-state index in [1.807, 2.05) is 26.0 Å². The third-order valence-electron chi connectivity index (χ3n) is 4.05. The fourth-order valence-electron chi connectivity index (χ4n) is 1.63. The molecule has 1 aromatic carbocycles. The summed E-state index contributed by atoms with van der Waals surface area (Å²) in [6, 6.07) is 5.51. The van der Waals surface area contributed by atoms with Gasteiger partial charge < -0.3 is 15.2 Å². The maximum Gasteiger partial charge on any atom is 0.310 e. The van der Waals surface area contributed by atoms with Crippen LogP contribution in [0.4, 0.5) is 0 Å². The van der Waals surface area contributed by atoms with Crippen LogP contribution in [-0.2, 0) is 11.3 Å². The van der Waals surface area contributed by atoms with Crippen LogP contribution in [0.15, 0.2) is 18.2 Å². The number of nitrogens with one attached hydrogen (secondary N) is 1. The number of methoxy groups -OCH3 is 1. The predicted molar refractivity (Wildman–Crippen MR) is 80.3 cm³/mol. The number of hydrogen-bond donors (Lipinski definition) is 2. The highest BCUT2D eigenvalue weighted by molar-refractivity contribution is 6.32. The van der Waals surface area contributed by atoms with Gasteiger partial charge in [-0.15, -0.1) is 0 Å². The summed E-state index contributed by atoms with van der Waals surface area (Å²) in [5.41, 5.74) is -0.463. The number of hydrogen-bond acceptors (Lipinski definition) is 3. The predicted octanol–water partition coefficient (Wildman–Crippen LogP) is 3.33. The molecule has 0 spiro atoms. The van der Waals surface area contributed by atoms with E-state index in [1.165, 1.54) is 0 Å². The molecule has 0 aliphatic heterocycles. The quantitative estimate of drug-likeness (QED) is 0.846. The summed E-state index contributed by atoms with van der Waals surface area (Å²) in [5, 5.41) is 13.2. The van der Waals surface area contributed by atoms with Crippen LogP contribution in [0.1, 0.15) is 33.3 Å². The van der Waals surface area contributed by atoms with Crippen LogP contribution < -0.4 is 10.1 Å². The van der Waals surface area contributed by atoms with E-state index in [4.69, 9.17) is 16.3 Å². The van der Waals surface area contributed by atoms with Crippen LogP contribution in [-0.4, -0.2) is 23.7 Å². The van der Waals surface area contributed by atoms with Crippen molar-refractivity contribution in [3.05, 3.63) is 28.8 Å². The van der Waals surface area contributed by atoms with Crippen molar-refractivity contribution in [3.63, 3.8) is 0 Å². The molecule has 1 aromatic rings. The van der Waals surface area contributed by atoms with Gasteiger partial charge in [-0.2, -0.15) is 0 Å². The minimum absolute atomic E-state index is 0.539. The summed E-state index contributed by atoms with van der Waals surface area (Å²) >= 11 is 5.98. The minimum atomic E-state index is -0.885. The zero-order valence-electron chi connectivity index (χ0n) is 12.6. The Hall–Kier alpha value is -1.26. The van der Waals surface area contributed by atoms with Crippen molar-refractivity contribution in [3.8, 4) is 5.75 Å². The summed E-state index contributed by atoms with van der Waals surface area (Å²) in [4.78, 5) is 11.3. The van der Waals surface area contributed by atoms with Crippen LogP contribution in [0.5, 0.6) is 5.75 Å². The Morgan fingerprint density at radius 2 is 1.95 bits per heavy atom. The van der Waals surface area contributed by atoms with Gasteiger partial charge in [-0.25, -0.2) is 0 Å². The smallest absolute Gasteiger partial charge is 0.310 e. The van der Waals surface area contributed by atoms with Crippen LogP contribution in [0.2, 0.25) is 5.02 Å². The molecular formula is C15H22ClNO3. The molecule has 0 fully saturated rings. The van der Waals surface area contributed by atoms with Crippen molar-refractivity contribution in [2.75, 3.05) is 7.11 Å². The second kappa shape index (κ2) is 6.02. The molecule has 20 heavy (non-hydrogen) atoms. The molecule has 0 aliphatic rings. The Labute approximate surface area is 125 Å². The Balaban J connectivity index is 2.83. The van der Waals surface area contributed by atoms with Gasteiger partial charge in [0, 0.05) is 12.1 Å². The van der Waals surface area contributed by atoms with Crippen LogP contribution in [0.3, 0.4) is 0 Å². The first-order valence-electron chi connectivity index (χ1n) is 6.42. The van der Waals surface area contributed by atoms with Gasteiger partial charge in [-0.3, -0.25) is 4.79 Å². The average molecular weight is 300 g/mol. The molecule has 0 radical (unpaired) electrons. The topological polar surface area (TPSA) is 58.6 Å². The number of benzene rings is 1. The summed E-state index contributed by atoms with van der Waals surface area (Å²) in [6.45, 7) is 7.73. The van der Waals surface area contributed by atoms with E-state index < -0.39 is 16.9 Å². The minimum Gasteiger partial charge on any atom is -0.495 e. The molecule has 112 valence electrons. The van der Waals surface area contributed by atoms with Gasteiger partial charge in [0.1, 0.15) is 5.75 Å². The van der Waals surface area contributed by atoms with Crippen molar-refractivity contribution in [2.24, 2.45) is 5.41 Å². The van der Waals surface area contributed by atoms with Crippen LogP contribution in [0, 0.1) is 5.41 Å². The number of ether oxygens (including phenoxy) is 1. The van der Waals surface area contributed by atoms with Crippen molar-refractivity contribution >= 4 is 17.6 Å². The molecular weight excluding hydrogens is 278 g/mol. The number of rotatable bonds is 6. The molecule has 0 amide bonds. The van der Waals surface area contributed by atoms with E-state index in [-0.39, 0.29) is 0 Å². The van der Waals surface area contributed by atoms with Gasteiger partial charge in [0.2, 0.25) is 0 Å². The Bertz CT molecular complexity index is 498. The third-order valence-corrected chi connectivity index (χ3v) is 4.36. The van der Waals surface area contributed by atoms with Gasteiger partial charge in [0.05, 0.1) is 17.5 Å². The lowest BCUT2D eigenvalue weighted by atomic mass is 9.74. The largest absolute Gasteiger partial charge is 0.495 e. The molecule has 5 heteroatoms. The summed E-state index contributed by atoms with van der Waals surface area (Å²) < 4.78 is 5.17. The van der Waals surface area contributed by atoms with E-state index in [9.17, 15) is 9.90 Å². The van der Waals surface area contributed by atoms with Gasteiger partial charge in [-0.1, -0.05) is 17.7 Å². The van der Waals surface area contributed by atoms with E-state index in [1.54, 1.807) is 27.0 Å². The Kier molecular flexibility index (Phi) is 5.05. The molecule has 0 atom stereocenters. The summed E-state index contributed by atoms with van der Waals surface area (Å²) in [5.74, 6) is -0.218. The number of aliphatic carboxylic acids is 1. The van der Waals surface area contributed by atoms with Gasteiger partial charge in [0.15, 0.2) is 0 Å².